The largest absolute Gasteiger partial charge is 0.325 e. The van der Waals surface area contributed by atoms with Crippen LogP contribution in [0.5, 0.6) is 0 Å². The van der Waals surface area contributed by atoms with Crippen LogP contribution < -0.4 is 5.32 Å². The summed E-state index contributed by atoms with van der Waals surface area (Å²) in [5.74, 6) is 0.317. The maximum absolute atomic E-state index is 12.1. The summed E-state index contributed by atoms with van der Waals surface area (Å²) in [5, 5.41) is 5.62. The predicted octanol–water partition coefficient (Wildman–Crippen LogP) is 4.44. The molecule has 6 heteroatoms. The van der Waals surface area contributed by atoms with E-state index in [2.05, 4.69) is 26.2 Å². The molecule has 106 valence electrons. The number of amides is 1. The highest BCUT2D eigenvalue weighted by molar-refractivity contribution is 9.10. The Hall–Kier alpha value is -0.910. The molecule has 0 aliphatic carbocycles. The average Bonchev–Trinajstić information content (AvgIpc) is 2.81. The number of anilines is 1. The Kier molecular flexibility index (Phi) is 5.18. The number of carbonyl (C=O) groups is 1. The Morgan fingerprint density at radius 1 is 1.40 bits per heavy atom. The van der Waals surface area contributed by atoms with Gasteiger partial charge in [-0.25, -0.2) is 4.98 Å². The van der Waals surface area contributed by atoms with Crippen LogP contribution in [0.3, 0.4) is 0 Å². The summed E-state index contributed by atoms with van der Waals surface area (Å²) in [6, 6.07) is 3.97. The van der Waals surface area contributed by atoms with Crippen molar-refractivity contribution in [1.82, 2.24) is 4.98 Å². The van der Waals surface area contributed by atoms with Crippen LogP contribution in [0.1, 0.15) is 21.8 Å². The van der Waals surface area contributed by atoms with Crippen molar-refractivity contribution in [1.29, 1.82) is 0 Å². The number of aromatic nitrogens is 1. The Labute approximate surface area is 135 Å². The average molecular weight is 374 g/mol. The molecule has 1 aromatic carbocycles. The highest BCUT2D eigenvalue weighted by Crippen LogP contribution is 2.25. The second kappa shape index (κ2) is 6.70. The quantitative estimate of drug-likeness (QED) is 0.805. The Morgan fingerprint density at radius 3 is 2.60 bits per heavy atom. The molecule has 0 spiro atoms. The van der Waals surface area contributed by atoms with E-state index < -0.39 is 0 Å². The van der Waals surface area contributed by atoms with Crippen molar-refractivity contribution in [2.24, 2.45) is 0 Å². The van der Waals surface area contributed by atoms with Gasteiger partial charge in [-0.05, 0) is 37.1 Å². The number of hydrogen-bond acceptors (Lipinski definition) is 3. The van der Waals surface area contributed by atoms with E-state index in [-0.39, 0.29) is 12.3 Å². The van der Waals surface area contributed by atoms with Crippen LogP contribution in [0, 0.1) is 13.8 Å². The molecule has 2 aromatic rings. The summed E-state index contributed by atoms with van der Waals surface area (Å²) in [6.45, 7) is 3.95. The number of nitrogens with one attached hydrogen (secondary N) is 1. The zero-order valence-electron chi connectivity index (χ0n) is 11.2. The van der Waals surface area contributed by atoms with E-state index in [4.69, 9.17) is 11.6 Å². The van der Waals surface area contributed by atoms with Gasteiger partial charge in [-0.15, -0.1) is 22.9 Å². The van der Waals surface area contributed by atoms with Crippen LogP contribution in [0.25, 0.3) is 0 Å². The number of thiazole rings is 1. The molecule has 0 radical (unpaired) electrons. The third-order valence-corrected chi connectivity index (χ3v) is 4.44. The van der Waals surface area contributed by atoms with E-state index in [1.807, 2.05) is 31.4 Å². The van der Waals surface area contributed by atoms with Gasteiger partial charge >= 0.3 is 0 Å². The summed E-state index contributed by atoms with van der Waals surface area (Å²) < 4.78 is 1.01. The molecule has 1 N–H and O–H groups in total. The second-order valence-electron chi connectivity index (χ2n) is 4.51. The van der Waals surface area contributed by atoms with Crippen molar-refractivity contribution in [3.63, 3.8) is 0 Å². The smallest absolute Gasteiger partial charge is 0.231 e. The third kappa shape index (κ3) is 3.81. The van der Waals surface area contributed by atoms with E-state index >= 15 is 0 Å². The first-order chi connectivity index (χ1) is 9.49. The number of alkyl halides is 1. The maximum atomic E-state index is 12.1. The molecule has 0 atom stereocenters. The van der Waals surface area contributed by atoms with Crippen LogP contribution in [0.4, 0.5) is 5.69 Å². The number of aryl methyl sites for hydroxylation is 2. The first-order valence-corrected chi connectivity index (χ1v) is 8.26. The minimum Gasteiger partial charge on any atom is -0.325 e. The van der Waals surface area contributed by atoms with Gasteiger partial charge in [0.25, 0.3) is 0 Å². The zero-order valence-corrected chi connectivity index (χ0v) is 14.3. The summed E-state index contributed by atoms with van der Waals surface area (Å²) in [6.07, 6.45) is 0.274. The fourth-order valence-corrected chi connectivity index (χ4v) is 3.63. The molecule has 0 saturated heterocycles. The molecule has 1 aromatic heterocycles. The molecule has 0 fully saturated rings. The summed E-state index contributed by atoms with van der Waals surface area (Å²) in [5.41, 5.74) is 3.75. The first-order valence-electron chi connectivity index (χ1n) is 6.05. The lowest BCUT2D eigenvalue weighted by molar-refractivity contribution is -0.115. The van der Waals surface area contributed by atoms with Crippen LogP contribution >= 0.6 is 38.9 Å². The molecule has 0 aliphatic heterocycles. The lowest BCUT2D eigenvalue weighted by atomic mass is 10.1. The number of nitrogens with zero attached hydrogens (tertiary/aromatic N) is 1. The van der Waals surface area contributed by atoms with Crippen molar-refractivity contribution in [2.75, 3.05) is 5.32 Å². The molecule has 0 saturated carbocycles. The molecule has 20 heavy (non-hydrogen) atoms. The van der Waals surface area contributed by atoms with E-state index in [0.29, 0.717) is 5.88 Å². The minimum absolute atomic E-state index is 0.0611. The fourth-order valence-electron chi connectivity index (χ4n) is 1.92. The van der Waals surface area contributed by atoms with Crippen molar-refractivity contribution in [2.45, 2.75) is 26.1 Å². The molecule has 3 nitrogen and oxygen atoms in total. The normalized spacial score (nSPS) is 10.6. The van der Waals surface area contributed by atoms with Crippen molar-refractivity contribution < 1.29 is 4.79 Å². The monoisotopic (exact) mass is 372 g/mol. The zero-order chi connectivity index (χ0) is 14.7. The van der Waals surface area contributed by atoms with Crippen molar-refractivity contribution >= 4 is 50.5 Å². The molecule has 0 unspecified atom stereocenters. The fraction of sp³-hybridized carbons (Fsp3) is 0.286. The lowest BCUT2D eigenvalue weighted by Gasteiger charge is -2.11. The molecule has 1 amide bonds. The Bertz CT molecular complexity index is 619. The van der Waals surface area contributed by atoms with Crippen molar-refractivity contribution in [3.8, 4) is 0 Å². The van der Waals surface area contributed by atoms with Crippen LogP contribution in [0.15, 0.2) is 22.0 Å². The SMILES string of the molecule is Cc1cc(Br)cc(C)c1NC(=O)Cc1nc(CCl)cs1. The molecular weight excluding hydrogens is 360 g/mol. The summed E-state index contributed by atoms with van der Waals surface area (Å²) in [4.78, 5) is 16.4. The van der Waals surface area contributed by atoms with Gasteiger partial charge in [0.2, 0.25) is 5.91 Å². The van der Waals surface area contributed by atoms with Gasteiger partial charge in [0.1, 0.15) is 5.01 Å². The van der Waals surface area contributed by atoms with Crippen LogP contribution in [0.2, 0.25) is 0 Å². The molecule has 0 aliphatic rings. The highest BCUT2D eigenvalue weighted by Gasteiger charge is 2.11. The number of halogens is 2. The molecular formula is C14H14BrClN2OS. The number of rotatable bonds is 4. The van der Waals surface area contributed by atoms with Crippen molar-refractivity contribution in [3.05, 3.63) is 43.8 Å². The third-order valence-electron chi connectivity index (χ3n) is 2.81. The standard InChI is InChI=1S/C14H14BrClN2OS/c1-8-3-10(15)4-9(2)14(8)18-12(19)5-13-17-11(6-16)7-20-13/h3-4,7H,5-6H2,1-2H3,(H,18,19). The molecule has 2 rings (SSSR count). The number of hydrogen-bond donors (Lipinski definition) is 1. The number of benzene rings is 1. The summed E-state index contributed by atoms with van der Waals surface area (Å²) >= 11 is 10.6. The Morgan fingerprint density at radius 2 is 2.05 bits per heavy atom. The molecule has 1 heterocycles. The second-order valence-corrected chi connectivity index (χ2v) is 6.63. The minimum atomic E-state index is -0.0611. The van der Waals surface area contributed by atoms with Gasteiger partial charge in [0.15, 0.2) is 0 Å². The van der Waals surface area contributed by atoms with Crippen LogP contribution in [-0.2, 0) is 17.1 Å². The van der Waals surface area contributed by atoms with Gasteiger partial charge in [-0.3, -0.25) is 4.79 Å². The van der Waals surface area contributed by atoms with E-state index in [1.54, 1.807) is 0 Å². The highest BCUT2D eigenvalue weighted by atomic mass is 79.9. The van der Waals surface area contributed by atoms with E-state index in [0.717, 1.165) is 32.0 Å². The lowest BCUT2D eigenvalue weighted by Crippen LogP contribution is -2.16. The van der Waals surface area contributed by atoms with Gasteiger partial charge in [-0.1, -0.05) is 15.9 Å². The van der Waals surface area contributed by atoms with Gasteiger partial charge in [0.05, 0.1) is 18.0 Å². The van der Waals surface area contributed by atoms with E-state index in [1.165, 1.54) is 11.3 Å². The first kappa shape index (κ1) is 15.5. The maximum Gasteiger partial charge on any atom is 0.231 e. The summed E-state index contributed by atoms with van der Waals surface area (Å²) in [7, 11) is 0. The van der Waals surface area contributed by atoms with E-state index in [9.17, 15) is 4.79 Å². The van der Waals surface area contributed by atoms with Gasteiger partial charge < -0.3 is 5.32 Å². The van der Waals surface area contributed by atoms with Crippen LogP contribution in [-0.4, -0.2) is 10.9 Å². The number of carbonyl (C=O) groups excluding carboxylic acids is 1. The van der Waals surface area contributed by atoms with Gasteiger partial charge in [0, 0.05) is 15.5 Å². The van der Waals surface area contributed by atoms with Gasteiger partial charge in [-0.2, -0.15) is 0 Å². The Balaban J connectivity index is 2.08. The molecule has 0 bridgehead atoms. The topological polar surface area (TPSA) is 42.0 Å². The predicted molar refractivity (Wildman–Crippen MR) is 87.6 cm³/mol.